The molecule has 0 saturated heterocycles. The van der Waals surface area contributed by atoms with Crippen LogP contribution in [0, 0.1) is 6.92 Å². The molecule has 1 aliphatic heterocycles. The Morgan fingerprint density at radius 3 is 2.46 bits per heavy atom. The molecule has 1 aromatic heterocycles. The first-order chi connectivity index (χ1) is 17.9. The Bertz CT molecular complexity index is 1510. The molecular weight excluding hydrogens is 484 g/mol. The number of aliphatic hydroxyl groups is 1. The fourth-order valence-electron chi connectivity index (χ4n) is 4.56. The standard InChI is InChI=1S/C30H26N2O4S/c1-4-19-13-15-22(16-14-19)32-25(21-11-8-12-23(17-21)36-3)24(27(34)30(32)35)26(33)28-18(2)31-29(37-28)20-9-6-5-7-10-20/h5-17,25,34H,4H2,1-3H3. The molecule has 1 amide bonds. The van der Waals surface area contributed by atoms with Gasteiger partial charge in [-0.3, -0.25) is 14.5 Å². The minimum Gasteiger partial charge on any atom is -0.503 e. The summed E-state index contributed by atoms with van der Waals surface area (Å²) in [5.74, 6) is -0.995. The maximum Gasteiger partial charge on any atom is 0.294 e. The van der Waals surface area contributed by atoms with Gasteiger partial charge in [0, 0.05) is 11.3 Å². The zero-order valence-electron chi connectivity index (χ0n) is 20.8. The van der Waals surface area contributed by atoms with Gasteiger partial charge in [0.05, 0.1) is 29.3 Å². The molecular formula is C30H26N2O4S. The summed E-state index contributed by atoms with van der Waals surface area (Å²) in [6, 6.07) is 23.6. The molecule has 4 aromatic rings. The molecule has 1 atom stereocenters. The number of aliphatic hydroxyl groups excluding tert-OH is 1. The van der Waals surface area contributed by atoms with Gasteiger partial charge in [-0.15, -0.1) is 11.3 Å². The molecule has 6 nitrogen and oxygen atoms in total. The highest BCUT2D eigenvalue weighted by atomic mass is 32.1. The Kier molecular flexibility index (Phi) is 6.63. The van der Waals surface area contributed by atoms with E-state index in [1.807, 2.05) is 60.7 Å². The molecule has 1 aliphatic rings. The van der Waals surface area contributed by atoms with Crippen molar-refractivity contribution in [3.8, 4) is 16.3 Å². The van der Waals surface area contributed by atoms with Crippen molar-refractivity contribution in [3.63, 3.8) is 0 Å². The predicted octanol–water partition coefficient (Wildman–Crippen LogP) is 6.47. The lowest BCUT2D eigenvalue weighted by Crippen LogP contribution is -2.31. The molecule has 0 bridgehead atoms. The average Bonchev–Trinajstić information content (AvgIpc) is 3.46. The molecule has 186 valence electrons. The summed E-state index contributed by atoms with van der Waals surface area (Å²) in [6.07, 6.45) is 0.856. The lowest BCUT2D eigenvalue weighted by Gasteiger charge is -2.27. The van der Waals surface area contributed by atoms with Crippen LogP contribution in [0.4, 0.5) is 5.69 Å². The third-order valence-electron chi connectivity index (χ3n) is 6.51. The van der Waals surface area contributed by atoms with E-state index in [0.29, 0.717) is 32.6 Å². The van der Waals surface area contributed by atoms with Gasteiger partial charge in [0.25, 0.3) is 5.91 Å². The van der Waals surface area contributed by atoms with Crippen LogP contribution < -0.4 is 9.64 Å². The van der Waals surface area contributed by atoms with Crippen LogP contribution in [0.25, 0.3) is 10.6 Å². The van der Waals surface area contributed by atoms with Crippen molar-refractivity contribution in [3.05, 3.63) is 112 Å². The quantitative estimate of drug-likeness (QED) is 0.288. The number of amides is 1. The van der Waals surface area contributed by atoms with Gasteiger partial charge >= 0.3 is 0 Å². The van der Waals surface area contributed by atoms with E-state index >= 15 is 0 Å². The smallest absolute Gasteiger partial charge is 0.294 e. The number of ketones is 1. The van der Waals surface area contributed by atoms with Gasteiger partial charge in [-0.1, -0.05) is 61.5 Å². The van der Waals surface area contributed by atoms with E-state index in [-0.39, 0.29) is 5.57 Å². The van der Waals surface area contributed by atoms with Gasteiger partial charge in [0.15, 0.2) is 5.76 Å². The van der Waals surface area contributed by atoms with Crippen molar-refractivity contribution in [1.29, 1.82) is 0 Å². The monoisotopic (exact) mass is 510 g/mol. The highest BCUT2D eigenvalue weighted by molar-refractivity contribution is 7.17. The van der Waals surface area contributed by atoms with Gasteiger partial charge < -0.3 is 9.84 Å². The number of rotatable bonds is 7. The minimum atomic E-state index is -0.829. The lowest BCUT2D eigenvalue weighted by molar-refractivity contribution is -0.117. The third-order valence-corrected chi connectivity index (χ3v) is 7.71. The largest absolute Gasteiger partial charge is 0.503 e. The maximum absolute atomic E-state index is 14.0. The second-order valence-electron chi connectivity index (χ2n) is 8.77. The van der Waals surface area contributed by atoms with Crippen molar-refractivity contribution in [1.82, 2.24) is 4.98 Å². The number of hydrogen-bond donors (Lipinski definition) is 1. The molecule has 37 heavy (non-hydrogen) atoms. The summed E-state index contributed by atoms with van der Waals surface area (Å²) in [7, 11) is 1.56. The summed E-state index contributed by atoms with van der Waals surface area (Å²) in [5.41, 5.74) is 3.86. The fraction of sp³-hybridized carbons (Fsp3) is 0.167. The molecule has 0 fully saturated rings. The number of methoxy groups -OCH3 is 1. The second kappa shape index (κ2) is 10.0. The van der Waals surface area contributed by atoms with Gasteiger partial charge in [-0.05, 0) is 48.7 Å². The second-order valence-corrected chi connectivity index (χ2v) is 9.76. The topological polar surface area (TPSA) is 79.7 Å². The highest BCUT2D eigenvalue weighted by Crippen LogP contribution is 2.44. The zero-order chi connectivity index (χ0) is 26.1. The zero-order valence-corrected chi connectivity index (χ0v) is 21.6. The highest BCUT2D eigenvalue weighted by Gasteiger charge is 2.45. The Morgan fingerprint density at radius 2 is 1.78 bits per heavy atom. The fourth-order valence-corrected chi connectivity index (χ4v) is 5.58. The van der Waals surface area contributed by atoms with Crippen LogP contribution in [0.1, 0.15) is 39.5 Å². The van der Waals surface area contributed by atoms with E-state index in [9.17, 15) is 14.7 Å². The number of ether oxygens (including phenoxy) is 1. The lowest BCUT2D eigenvalue weighted by atomic mass is 9.94. The number of hydrogen-bond acceptors (Lipinski definition) is 6. The van der Waals surface area contributed by atoms with E-state index in [1.165, 1.54) is 16.2 Å². The van der Waals surface area contributed by atoms with Crippen molar-refractivity contribution < 1.29 is 19.4 Å². The van der Waals surface area contributed by atoms with Crippen LogP contribution in [-0.4, -0.2) is 28.9 Å². The third kappa shape index (κ3) is 4.42. The normalized spacial score (nSPS) is 15.4. The first-order valence-corrected chi connectivity index (χ1v) is 12.8. The van der Waals surface area contributed by atoms with Crippen molar-refractivity contribution in [2.75, 3.05) is 12.0 Å². The first kappa shape index (κ1) is 24.5. The van der Waals surface area contributed by atoms with Crippen LogP contribution in [0.5, 0.6) is 5.75 Å². The van der Waals surface area contributed by atoms with Crippen molar-refractivity contribution in [2.24, 2.45) is 0 Å². The molecule has 7 heteroatoms. The van der Waals surface area contributed by atoms with E-state index in [1.54, 1.807) is 32.2 Å². The minimum absolute atomic E-state index is 0.0317. The molecule has 5 rings (SSSR count). The molecule has 3 aromatic carbocycles. The number of nitrogens with zero attached hydrogens (tertiary/aromatic N) is 2. The number of thiazole rings is 1. The number of carbonyl (C=O) groups excluding carboxylic acids is 2. The summed E-state index contributed by atoms with van der Waals surface area (Å²) < 4.78 is 5.42. The van der Waals surface area contributed by atoms with Gasteiger partial charge in [0.2, 0.25) is 5.78 Å². The van der Waals surface area contributed by atoms with Crippen LogP contribution in [-0.2, 0) is 11.2 Å². The number of benzene rings is 3. The molecule has 0 aliphatic carbocycles. The van der Waals surface area contributed by atoms with Crippen LogP contribution in [0.3, 0.4) is 0 Å². The van der Waals surface area contributed by atoms with Gasteiger partial charge in [-0.25, -0.2) is 4.98 Å². The van der Waals surface area contributed by atoms with E-state index in [4.69, 9.17) is 4.74 Å². The molecule has 0 saturated carbocycles. The summed E-state index contributed by atoms with van der Waals surface area (Å²) in [4.78, 5) is 34.0. The Hall–Kier alpha value is -4.23. The number of anilines is 1. The van der Waals surface area contributed by atoms with E-state index in [2.05, 4.69) is 11.9 Å². The van der Waals surface area contributed by atoms with Gasteiger partial charge in [-0.2, -0.15) is 0 Å². The van der Waals surface area contributed by atoms with Crippen molar-refractivity contribution >= 4 is 28.7 Å². The number of aromatic nitrogens is 1. The molecule has 1 N–H and O–H groups in total. The molecule has 2 heterocycles. The first-order valence-electron chi connectivity index (χ1n) is 12.0. The van der Waals surface area contributed by atoms with Crippen LogP contribution in [0.15, 0.2) is 90.2 Å². The Morgan fingerprint density at radius 1 is 1.05 bits per heavy atom. The number of Topliss-reactive ketones (excluding diaryl/α,β-unsaturated/α-hetero) is 1. The summed E-state index contributed by atoms with van der Waals surface area (Å²) in [5, 5.41) is 11.8. The molecule has 0 radical (unpaired) electrons. The van der Waals surface area contributed by atoms with Crippen LogP contribution in [0.2, 0.25) is 0 Å². The molecule has 1 unspecified atom stereocenters. The Balaban J connectivity index is 1.63. The summed E-state index contributed by atoms with van der Waals surface area (Å²) >= 11 is 1.26. The Labute approximate surface area is 219 Å². The van der Waals surface area contributed by atoms with Crippen LogP contribution >= 0.6 is 11.3 Å². The SMILES string of the molecule is CCc1ccc(N2C(=O)C(O)=C(C(=O)c3sc(-c4ccccc4)nc3C)C2c2cccc(OC)c2)cc1. The van der Waals surface area contributed by atoms with E-state index in [0.717, 1.165) is 17.5 Å². The number of aryl methyl sites for hydroxylation is 2. The van der Waals surface area contributed by atoms with Crippen molar-refractivity contribution in [2.45, 2.75) is 26.3 Å². The summed E-state index contributed by atoms with van der Waals surface area (Å²) in [6.45, 7) is 3.83. The number of carbonyl (C=O) groups is 2. The maximum atomic E-state index is 14.0. The molecule has 0 spiro atoms. The van der Waals surface area contributed by atoms with Gasteiger partial charge in [0.1, 0.15) is 10.8 Å². The predicted molar refractivity (Wildman–Crippen MR) is 145 cm³/mol. The average molecular weight is 511 g/mol. The van der Waals surface area contributed by atoms with E-state index < -0.39 is 23.5 Å².